The topological polar surface area (TPSA) is 151 Å². The van der Waals surface area contributed by atoms with Crippen LogP contribution in [0.2, 0.25) is 0 Å². The molecule has 4 aliphatic rings. The fraction of sp³-hybridized carbons (Fsp3) is 0.724. The molecule has 234 valence electrons. The molecule has 2 aliphatic carbocycles. The molecule has 3 N–H and O–H groups in total. The Labute approximate surface area is 247 Å². The number of nitrogens with zero attached hydrogens (tertiary/aromatic N) is 1. The minimum Gasteiger partial charge on any atom is -0.444 e. The smallest absolute Gasteiger partial charge is 0.408 e. The van der Waals surface area contributed by atoms with Crippen LogP contribution in [0.4, 0.5) is 9.18 Å². The maximum atomic E-state index is 14.4. The summed E-state index contributed by atoms with van der Waals surface area (Å²) in [5.74, 6) is -2.11. The second-order valence-electron chi connectivity index (χ2n) is 12.8. The van der Waals surface area contributed by atoms with Gasteiger partial charge in [0.1, 0.15) is 34.6 Å². The van der Waals surface area contributed by atoms with Gasteiger partial charge in [0.25, 0.3) is 5.91 Å². The van der Waals surface area contributed by atoms with Gasteiger partial charge in [-0.3, -0.25) is 19.1 Å². The van der Waals surface area contributed by atoms with E-state index in [-0.39, 0.29) is 12.3 Å². The largest absolute Gasteiger partial charge is 0.444 e. The van der Waals surface area contributed by atoms with E-state index in [9.17, 15) is 32.0 Å². The van der Waals surface area contributed by atoms with Gasteiger partial charge in [-0.25, -0.2) is 17.6 Å². The summed E-state index contributed by atoms with van der Waals surface area (Å²) in [7, 11) is -4.41. The van der Waals surface area contributed by atoms with Crippen molar-refractivity contribution in [3.63, 3.8) is 0 Å². The van der Waals surface area contributed by atoms with Crippen LogP contribution >= 0.6 is 0 Å². The van der Waals surface area contributed by atoms with Gasteiger partial charge in [-0.1, -0.05) is 50.3 Å². The Morgan fingerprint density at radius 2 is 1.69 bits per heavy atom. The van der Waals surface area contributed by atoms with E-state index in [1.165, 1.54) is 23.1 Å². The van der Waals surface area contributed by atoms with E-state index >= 15 is 0 Å². The van der Waals surface area contributed by atoms with Crippen LogP contribution in [0.3, 0.4) is 0 Å². The molecule has 2 saturated heterocycles. The summed E-state index contributed by atoms with van der Waals surface area (Å²) < 4.78 is 47.7. The van der Waals surface area contributed by atoms with E-state index in [1.807, 2.05) is 4.72 Å². The molecule has 2 aliphatic heterocycles. The van der Waals surface area contributed by atoms with Crippen LogP contribution in [-0.4, -0.2) is 78.3 Å². The number of ether oxygens (including phenoxy) is 1. The summed E-state index contributed by atoms with van der Waals surface area (Å²) in [6, 6.07) is -1.75. The third kappa shape index (κ3) is 7.51. The van der Waals surface area contributed by atoms with Crippen LogP contribution in [0.15, 0.2) is 24.3 Å². The highest BCUT2D eigenvalue weighted by Crippen LogP contribution is 2.48. The van der Waals surface area contributed by atoms with Gasteiger partial charge < -0.3 is 20.3 Å². The fourth-order valence-electron chi connectivity index (χ4n) is 6.07. The summed E-state index contributed by atoms with van der Waals surface area (Å²) in [4.78, 5) is 54.8. The second-order valence-corrected chi connectivity index (χ2v) is 14.6. The Hall–Kier alpha value is -2.96. The third-order valence-electron chi connectivity index (χ3n) is 8.34. The molecule has 4 rings (SSSR count). The average molecular weight is 611 g/mol. The quantitative estimate of drug-likeness (QED) is 0.443. The van der Waals surface area contributed by atoms with Crippen molar-refractivity contribution >= 4 is 33.8 Å². The zero-order chi connectivity index (χ0) is 30.7. The zero-order valence-electron chi connectivity index (χ0n) is 24.6. The molecule has 4 amide bonds. The normalized spacial score (nSPS) is 32.5. The van der Waals surface area contributed by atoms with Crippen molar-refractivity contribution in [1.82, 2.24) is 20.3 Å². The number of hydrogen-bond donors (Lipinski definition) is 3. The molecule has 0 radical (unpaired) electrons. The average Bonchev–Trinajstić information content (AvgIpc) is 3.35. The number of amides is 4. The zero-order valence-corrected chi connectivity index (χ0v) is 25.4. The molecule has 0 aromatic rings. The number of carbonyl (C=O) groups excluding carboxylic acids is 4. The number of alkyl halides is 1. The highest BCUT2D eigenvalue weighted by Gasteiger charge is 2.62. The van der Waals surface area contributed by atoms with E-state index in [1.54, 1.807) is 20.8 Å². The SMILES string of the molecule is CC(C)(C)OC(=O)NC1CCCCCCCC2CC2(C(=O)NS(=O)(=O)C2C=CC=CC2F)NC(=O)C2CCCN2C1=O. The summed E-state index contributed by atoms with van der Waals surface area (Å²) in [5, 5.41) is 3.94. The Balaban J connectivity index is 1.53. The lowest BCUT2D eigenvalue weighted by Gasteiger charge is -2.30. The first kappa shape index (κ1) is 32.0. The van der Waals surface area contributed by atoms with E-state index in [2.05, 4.69) is 10.6 Å². The van der Waals surface area contributed by atoms with Gasteiger partial charge in [0.2, 0.25) is 21.8 Å². The second kappa shape index (κ2) is 12.7. The molecule has 6 unspecified atom stereocenters. The maximum Gasteiger partial charge on any atom is 0.408 e. The predicted molar refractivity (Wildman–Crippen MR) is 153 cm³/mol. The number of rotatable bonds is 4. The van der Waals surface area contributed by atoms with Gasteiger partial charge >= 0.3 is 6.09 Å². The molecule has 0 aromatic carbocycles. The van der Waals surface area contributed by atoms with Crippen LogP contribution in [0, 0.1) is 5.92 Å². The Bertz CT molecular complexity index is 1230. The van der Waals surface area contributed by atoms with Crippen LogP contribution in [0.1, 0.15) is 85.0 Å². The first-order valence-electron chi connectivity index (χ1n) is 14.9. The Morgan fingerprint density at radius 3 is 2.38 bits per heavy atom. The molecule has 11 nitrogen and oxygen atoms in total. The Kier molecular flexibility index (Phi) is 9.68. The number of hydrogen-bond acceptors (Lipinski definition) is 7. The number of sulfonamides is 1. The van der Waals surface area contributed by atoms with Crippen molar-refractivity contribution in [2.45, 2.75) is 120 Å². The van der Waals surface area contributed by atoms with Crippen molar-refractivity contribution in [3.8, 4) is 0 Å². The van der Waals surface area contributed by atoms with E-state index in [4.69, 9.17) is 4.74 Å². The minimum atomic E-state index is -4.41. The molecule has 13 heteroatoms. The summed E-state index contributed by atoms with van der Waals surface area (Å²) in [5.41, 5.74) is -2.21. The highest BCUT2D eigenvalue weighted by atomic mass is 32.2. The van der Waals surface area contributed by atoms with E-state index in [0.717, 1.165) is 31.8 Å². The lowest BCUT2D eigenvalue weighted by Crippen LogP contribution is -2.59. The van der Waals surface area contributed by atoms with Gasteiger partial charge in [0, 0.05) is 6.54 Å². The van der Waals surface area contributed by atoms with E-state index < -0.39 is 68.5 Å². The molecule has 42 heavy (non-hydrogen) atoms. The van der Waals surface area contributed by atoms with Gasteiger partial charge in [0.05, 0.1) is 0 Å². The first-order chi connectivity index (χ1) is 19.7. The van der Waals surface area contributed by atoms with Gasteiger partial charge in [-0.15, -0.1) is 0 Å². The van der Waals surface area contributed by atoms with Crippen molar-refractivity contribution in [2.75, 3.05) is 6.54 Å². The standard InChI is InChI=1S/C29H43FN4O7S/c1-28(2,3)41-27(38)31-21-14-8-6-4-5-7-12-19-18-29(19,32-24(35)22-15-11-17-34(22)25(21)36)26(37)33-42(39,40)23-16-10-9-13-20(23)30/h9-10,13,16,19-23H,4-8,11-12,14-15,17-18H2,1-3H3,(H,31,38)(H,32,35)(H,33,37). The van der Waals surface area contributed by atoms with Crippen LogP contribution in [0.5, 0.6) is 0 Å². The van der Waals surface area contributed by atoms with Crippen molar-refractivity contribution in [2.24, 2.45) is 5.92 Å². The van der Waals surface area contributed by atoms with E-state index in [0.29, 0.717) is 38.6 Å². The summed E-state index contributed by atoms with van der Waals surface area (Å²) in [6.07, 6.45) is 8.80. The predicted octanol–water partition coefficient (Wildman–Crippen LogP) is 2.77. The Morgan fingerprint density at radius 1 is 1.02 bits per heavy atom. The van der Waals surface area contributed by atoms with Gasteiger partial charge in [0.15, 0.2) is 0 Å². The molecule has 0 spiro atoms. The van der Waals surface area contributed by atoms with Crippen LogP contribution < -0.4 is 15.4 Å². The maximum absolute atomic E-state index is 14.4. The fourth-order valence-corrected chi connectivity index (χ4v) is 7.38. The molecule has 3 fully saturated rings. The first-order valence-corrected chi connectivity index (χ1v) is 16.5. The minimum absolute atomic E-state index is 0.253. The monoisotopic (exact) mass is 610 g/mol. The third-order valence-corrected chi connectivity index (χ3v) is 9.95. The number of alkyl carbamates (subject to hydrolysis) is 1. The summed E-state index contributed by atoms with van der Waals surface area (Å²) in [6.45, 7) is 5.49. The van der Waals surface area contributed by atoms with Crippen molar-refractivity contribution in [3.05, 3.63) is 24.3 Å². The molecular weight excluding hydrogens is 567 g/mol. The van der Waals surface area contributed by atoms with Gasteiger partial charge in [-0.2, -0.15) is 0 Å². The molecule has 0 aromatic heterocycles. The molecule has 6 atom stereocenters. The van der Waals surface area contributed by atoms with Crippen molar-refractivity contribution in [1.29, 1.82) is 0 Å². The number of nitrogens with one attached hydrogen (secondary N) is 3. The molecule has 0 bridgehead atoms. The molecule has 1 saturated carbocycles. The summed E-state index contributed by atoms with van der Waals surface area (Å²) >= 11 is 0. The molecular formula is C29H43FN4O7S. The van der Waals surface area contributed by atoms with Crippen LogP contribution in [0.25, 0.3) is 0 Å². The lowest BCUT2D eigenvalue weighted by atomic mass is 10.0. The number of allylic oxidation sites excluding steroid dienone is 3. The number of fused-ring (bicyclic) bond motifs is 2. The number of halogens is 1. The van der Waals surface area contributed by atoms with Crippen molar-refractivity contribution < 1.29 is 36.7 Å². The number of carbonyl (C=O) groups is 4. The van der Waals surface area contributed by atoms with Crippen LogP contribution in [-0.2, 0) is 29.1 Å². The highest BCUT2D eigenvalue weighted by molar-refractivity contribution is 7.90. The van der Waals surface area contributed by atoms with Gasteiger partial charge in [-0.05, 0) is 64.9 Å². The molecule has 2 heterocycles. The lowest BCUT2D eigenvalue weighted by molar-refractivity contribution is -0.141.